The third-order valence-electron chi connectivity index (χ3n) is 6.59. The van der Waals surface area contributed by atoms with Crippen LogP contribution in [0, 0.1) is 0 Å². The van der Waals surface area contributed by atoms with E-state index in [2.05, 4.69) is 9.97 Å². The molecule has 0 aliphatic carbocycles. The number of aromatic amines is 2. The maximum Gasteiger partial charge on any atom is 0.330 e. The quantitative estimate of drug-likeness (QED) is 0.254. The molecule has 210 valence electrons. The normalized spacial score (nSPS) is 27.4. The van der Waals surface area contributed by atoms with E-state index in [4.69, 9.17) is 17.8 Å². The van der Waals surface area contributed by atoms with Gasteiger partial charge in [0.25, 0.3) is 11.1 Å². The van der Waals surface area contributed by atoms with Crippen molar-refractivity contribution in [1.29, 1.82) is 0 Å². The highest BCUT2D eigenvalue weighted by Crippen LogP contribution is 2.33. The largest absolute Gasteiger partial charge is 0.394 e. The first-order valence-corrected chi connectivity index (χ1v) is 13.2. The number of aliphatic hydroxyl groups is 2. The van der Waals surface area contributed by atoms with E-state index in [1.54, 1.807) is 13.8 Å². The van der Waals surface area contributed by atoms with Crippen LogP contribution in [0.25, 0.3) is 0 Å². The van der Waals surface area contributed by atoms with Crippen molar-refractivity contribution in [2.24, 2.45) is 0 Å². The maximum atomic E-state index is 12.7. The molecule has 0 saturated carbocycles. The van der Waals surface area contributed by atoms with Crippen molar-refractivity contribution in [2.75, 3.05) is 13.2 Å². The number of hydrogen-bond donors (Lipinski definition) is 4. The molecule has 0 aromatic carbocycles. The Bertz CT molecular complexity index is 1300. The Balaban J connectivity index is 1.44. The van der Waals surface area contributed by atoms with Gasteiger partial charge in [0, 0.05) is 36.4 Å². The van der Waals surface area contributed by atoms with Crippen molar-refractivity contribution in [3.8, 4) is 0 Å². The van der Waals surface area contributed by atoms with Crippen LogP contribution < -0.4 is 22.5 Å². The molecule has 0 spiro atoms. The molecule has 15 nitrogen and oxygen atoms in total. The molecule has 6 atom stereocenters. The molecule has 38 heavy (non-hydrogen) atoms. The number of nitrogens with zero attached hydrogens (tertiary/aromatic N) is 2. The summed E-state index contributed by atoms with van der Waals surface area (Å²) in [5.41, 5.74) is -1.67. The third kappa shape index (κ3) is 5.80. The summed E-state index contributed by atoms with van der Waals surface area (Å²) >= 11 is -2.39. The SMILES string of the molecule is CCc1cn([C@H]2C[C@H](OS(=O)O[C@H]3C[C@H](n4cc(CC)c(=O)[nH]c4=O)O[C@@H]3CO)[C@@H](CO)O2)c(=O)[nH]c1=O. The Hall–Kier alpha value is -2.73. The average molecular weight is 559 g/mol. The standard InChI is InChI=1S/C22H30N4O11S/c1-3-11-7-25(21(31)23-19(11)29)17-5-13(15(9-27)34-17)36-38(33)37-14-6-18(35-16(14)10-28)26-8-12(4-2)20(30)24-22(26)32/h7-8,13-18,27-28H,3-6,9-10H2,1-2H3,(H,23,29,31)(H,24,30,32)/t13-,14-,15+,16+,17+,18+/m0/s1. The van der Waals surface area contributed by atoms with Crippen LogP contribution in [0.5, 0.6) is 0 Å². The molecular weight excluding hydrogens is 528 g/mol. The van der Waals surface area contributed by atoms with Gasteiger partial charge in [0.05, 0.1) is 13.2 Å². The molecule has 0 radical (unpaired) electrons. The average Bonchev–Trinajstić information content (AvgIpc) is 3.47. The number of aromatic nitrogens is 4. The number of rotatable bonds is 10. The second kappa shape index (κ2) is 12.0. The van der Waals surface area contributed by atoms with E-state index in [9.17, 15) is 33.6 Å². The summed E-state index contributed by atoms with van der Waals surface area (Å²) in [6, 6.07) is 0. The number of hydrogen-bond acceptors (Lipinski definition) is 11. The third-order valence-corrected chi connectivity index (χ3v) is 7.40. The minimum atomic E-state index is -2.39. The van der Waals surface area contributed by atoms with E-state index in [-0.39, 0.29) is 12.8 Å². The summed E-state index contributed by atoms with van der Waals surface area (Å²) in [7, 11) is 0. The van der Waals surface area contributed by atoms with Gasteiger partial charge >= 0.3 is 22.7 Å². The summed E-state index contributed by atoms with van der Waals surface area (Å²) in [5.74, 6) is 0. The van der Waals surface area contributed by atoms with Gasteiger partial charge in [0.15, 0.2) is 0 Å². The Morgan fingerprint density at radius 2 is 1.24 bits per heavy atom. The Morgan fingerprint density at radius 1 is 0.842 bits per heavy atom. The van der Waals surface area contributed by atoms with Crippen LogP contribution >= 0.6 is 0 Å². The van der Waals surface area contributed by atoms with Gasteiger partial charge in [-0.25, -0.2) is 9.59 Å². The zero-order chi connectivity index (χ0) is 27.6. The topological polar surface area (TPSA) is 204 Å². The molecule has 4 heterocycles. The van der Waals surface area contributed by atoms with Crippen LogP contribution in [0.2, 0.25) is 0 Å². The Morgan fingerprint density at radius 3 is 1.58 bits per heavy atom. The molecule has 0 bridgehead atoms. The number of ether oxygens (including phenoxy) is 2. The molecule has 0 amide bonds. The molecule has 2 aromatic rings. The van der Waals surface area contributed by atoms with Gasteiger partial charge in [-0.3, -0.25) is 37.1 Å². The highest BCUT2D eigenvalue weighted by atomic mass is 32.2. The van der Waals surface area contributed by atoms with E-state index in [1.807, 2.05) is 0 Å². The van der Waals surface area contributed by atoms with Crippen LogP contribution in [0.4, 0.5) is 0 Å². The second-order valence-electron chi connectivity index (χ2n) is 8.92. The second-order valence-corrected chi connectivity index (χ2v) is 9.71. The van der Waals surface area contributed by atoms with Crippen molar-refractivity contribution in [3.63, 3.8) is 0 Å². The molecule has 2 saturated heterocycles. The van der Waals surface area contributed by atoms with Gasteiger partial charge in [-0.2, -0.15) is 4.21 Å². The fraction of sp³-hybridized carbons (Fsp3) is 0.636. The lowest BCUT2D eigenvalue weighted by molar-refractivity contribution is -0.0481. The summed E-state index contributed by atoms with van der Waals surface area (Å²) in [4.78, 5) is 52.8. The van der Waals surface area contributed by atoms with E-state index < -0.39 is 83.9 Å². The molecule has 2 aliphatic heterocycles. The molecule has 4 rings (SSSR count). The van der Waals surface area contributed by atoms with Crippen molar-refractivity contribution < 1.29 is 32.3 Å². The Kier molecular flexibility index (Phi) is 8.92. The predicted molar refractivity (Wildman–Crippen MR) is 131 cm³/mol. The molecule has 2 aromatic heterocycles. The van der Waals surface area contributed by atoms with Gasteiger partial charge in [0.2, 0.25) is 0 Å². The zero-order valence-corrected chi connectivity index (χ0v) is 21.5. The first-order chi connectivity index (χ1) is 18.2. The van der Waals surface area contributed by atoms with Crippen LogP contribution in [0.1, 0.15) is 50.3 Å². The van der Waals surface area contributed by atoms with E-state index in [0.29, 0.717) is 24.0 Å². The summed E-state index contributed by atoms with van der Waals surface area (Å²) in [6.07, 6.45) is -1.98. The van der Waals surface area contributed by atoms with Crippen molar-refractivity contribution >= 4 is 11.4 Å². The van der Waals surface area contributed by atoms with Crippen LogP contribution in [-0.2, 0) is 42.0 Å². The van der Waals surface area contributed by atoms with Crippen molar-refractivity contribution in [2.45, 2.75) is 76.4 Å². The fourth-order valence-electron chi connectivity index (χ4n) is 4.48. The summed E-state index contributed by atoms with van der Waals surface area (Å²) in [5, 5.41) is 19.5. The number of aliphatic hydroxyl groups excluding tert-OH is 2. The number of H-pyrrole nitrogens is 2. The minimum absolute atomic E-state index is 0.0230. The highest BCUT2D eigenvalue weighted by Gasteiger charge is 2.42. The van der Waals surface area contributed by atoms with E-state index in [0.717, 1.165) is 0 Å². The van der Waals surface area contributed by atoms with Crippen LogP contribution in [-0.4, -0.2) is 71.2 Å². The minimum Gasteiger partial charge on any atom is -0.394 e. The molecule has 0 unspecified atom stereocenters. The van der Waals surface area contributed by atoms with Gasteiger partial charge < -0.3 is 19.7 Å². The smallest absolute Gasteiger partial charge is 0.330 e. The van der Waals surface area contributed by atoms with Gasteiger partial charge in [-0.1, -0.05) is 13.8 Å². The van der Waals surface area contributed by atoms with Crippen LogP contribution in [0.15, 0.2) is 31.6 Å². The van der Waals surface area contributed by atoms with Gasteiger partial charge in [-0.15, -0.1) is 0 Å². The monoisotopic (exact) mass is 558 g/mol. The number of aryl methyl sites for hydroxylation is 2. The highest BCUT2D eigenvalue weighted by molar-refractivity contribution is 7.75. The van der Waals surface area contributed by atoms with Crippen molar-refractivity contribution in [1.82, 2.24) is 19.1 Å². The van der Waals surface area contributed by atoms with E-state index in [1.165, 1.54) is 21.5 Å². The molecule has 2 fully saturated rings. The Labute approximate surface area is 217 Å². The fourth-order valence-corrected chi connectivity index (χ4v) is 5.34. The molecular formula is C22H30N4O11S. The van der Waals surface area contributed by atoms with Crippen molar-refractivity contribution in [3.05, 3.63) is 65.2 Å². The lowest BCUT2D eigenvalue weighted by atomic mass is 10.2. The summed E-state index contributed by atoms with van der Waals surface area (Å²) < 4.78 is 37.5. The predicted octanol–water partition coefficient (Wildman–Crippen LogP) is -1.88. The molecule has 16 heteroatoms. The molecule has 2 aliphatic rings. The lowest BCUT2D eigenvalue weighted by Crippen LogP contribution is -2.34. The van der Waals surface area contributed by atoms with Crippen LogP contribution in [0.3, 0.4) is 0 Å². The summed E-state index contributed by atoms with van der Waals surface area (Å²) in [6.45, 7) is 2.51. The lowest BCUT2D eigenvalue weighted by Gasteiger charge is -2.18. The first kappa shape index (κ1) is 28.3. The molecule has 4 N–H and O–H groups in total. The zero-order valence-electron chi connectivity index (χ0n) is 20.7. The van der Waals surface area contributed by atoms with Gasteiger partial charge in [0.1, 0.15) is 36.9 Å². The maximum absolute atomic E-state index is 12.7. The first-order valence-electron chi connectivity index (χ1n) is 12.2. The number of nitrogens with one attached hydrogen (secondary N) is 2. The van der Waals surface area contributed by atoms with E-state index >= 15 is 0 Å². The van der Waals surface area contributed by atoms with Gasteiger partial charge in [-0.05, 0) is 12.8 Å².